The molecule has 0 heterocycles. The number of unbranched alkanes of at least 4 members (excludes halogenated alkanes) is 2. The number of aliphatic imine (C=N–C) groups is 1. The molecule has 0 unspecified atom stereocenters. The predicted octanol–water partition coefficient (Wildman–Crippen LogP) is 2.38. The first kappa shape index (κ1) is 13.0. The van der Waals surface area contributed by atoms with Crippen LogP contribution in [0.15, 0.2) is 17.1 Å². The summed E-state index contributed by atoms with van der Waals surface area (Å²) in [7, 11) is 0. The molecule has 0 N–H and O–H groups in total. The Labute approximate surface area is 89.9 Å². The number of isothiocyanates is 1. The molecular formula is C10H15NO2S. The van der Waals surface area contributed by atoms with Crippen LogP contribution in [-0.2, 0) is 9.53 Å². The molecule has 0 amide bonds. The highest BCUT2D eigenvalue weighted by Gasteiger charge is 2.01. The number of hydrogen-bond acceptors (Lipinski definition) is 4. The summed E-state index contributed by atoms with van der Waals surface area (Å²) >= 11 is 4.42. The summed E-state index contributed by atoms with van der Waals surface area (Å²) in [5, 5.41) is 2.30. The van der Waals surface area contributed by atoms with Crippen LogP contribution in [0, 0.1) is 0 Å². The van der Waals surface area contributed by atoms with Crippen molar-refractivity contribution in [3.8, 4) is 0 Å². The van der Waals surface area contributed by atoms with Gasteiger partial charge in [0.1, 0.15) is 0 Å². The van der Waals surface area contributed by atoms with Crippen molar-refractivity contribution < 1.29 is 9.53 Å². The topological polar surface area (TPSA) is 38.7 Å². The van der Waals surface area contributed by atoms with Gasteiger partial charge >= 0.3 is 5.97 Å². The Kier molecular flexibility index (Phi) is 7.99. The molecule has 0 fully saturated rings. The summed E-state index contributed by atoms with van der Waals surface area (Å²) in [6.07, 6.45) is 2.78. The Hall–Kier alpha value is -0.990. The molecular weight excluding hydrogens is 198 g/mol. The van der Waals surface area contributed by atoms with Gasteiger partial charge in [0.05, 0.1) is 11.8 Å². The number of carbonyl (C=O) groups excluding carboxylic acids is 1. The quantitative estimate of drug-likeness (QED) is 0.214. The predicted molar refractivity (Wildman–Crippen MR) is 59.5 cm³/mol. The van der Waals surface area contributed by atoms with Crippen LogP contribution >= 0.6 is 12.2 Å². The third-order valence-corrected chi connectivity index (χ3v) is 1.69. The molecule has 4 heteroatoms. The van der Waals surface area contributed by atoms with Gasteiger partial charge in [0.25, 0.3) is 0 Å². The van der Waals surface area contributed by atoms with Gasteiger partial charge in [-0.25, -0.2) is 9.79 Å². The maximum Gasteiger partial charge on any atom is 0.333 e. The highest BCUT2D eigenvalue weighted by atomic mass is 32.1. The molecule has 0 radical (unpaired) electrons. The molecule has 0 aliphatic rings. The molecule has 0 aromatic carbocycles. The third kappa shape index (κ3) is 7.65. The van der Waals surface area contributed by atoms with Crippen LogP contribution in [0.4, 0.5) is 0 Å². The van der Waals surface area contributed by atoms with E-state index in [-0.39, 0.29) is 5.97 Å². The molecule has 14 heavy (non-hydrogen) atoms. The van der Waals surface area contributed by atoms with Crippen molar-refractivity contribution in [1.29, 1.82) is 0 Å². The zero-order valence-electron chi connectivity index (χ0n) is 8.41. The number of ether oxygens (including phenoxy) is 1. The van der Waals surface area contributed by atoms with Crippen molar-refractivity contribution in [2.75, 3.05) is 13.2 Å². The molecule has 78 valence electrons. The third-order valence-electron chi connectivity index (χ3n) is 1.56. The van der Waals surface area contributed by atoms with E-state index in [2.05, 4.69) is 29.0 Å². The van der Waals surface area contributed by atoms with Crippen molar-refractivity contribution in [1.82, 2.24) is 0 Å². The Morgan fingerprint density at radius 2 is 2.21 bits per heavy atom. The smallest absolute Gasteiger partial charge is 0.333 e. The minimum absolute atomic E-state index is 0.318. The summed E-state index contributed by atoms with van der Waals surface area (Å²) in [5.74, 6) is -0.318. The van der Waals surface area contributed by atoms with E-state index >= 15 is 0 Å². The van der Waals surface area contributed by atoms with Gasteiger partial charge in [-0.1, -0.05) is 6.58 Å². The molecule has 0 saturated carbocycles. The summed E-state index contributed by atoms with van der Waals surface area (Å²) < 4.78 is 4.90. The van der Waals surface area contributed by atoms with Crippen LogP contribution in [0.3, 0.4) is 0 Å². The minimum Gasteiger partial charge on any atom is -0.462 e. The van der Waals surface area contributed by atoms with Crippen LogP contribution in [0.5, 0.6) is 0 Å². The molecule has 0 bridgehead atoms. The lowest BCUT2D eigenvalue weighted by Crippen LogP contribution is -2.06. The number of carbonyl (C=O) groups is 1. The van der Waals surface area contributed by atoms with Crippen LogP contribution in [0.25, 0.3) is 0 Å². The Morgan fingerprint density at radius 3 is 2.79 bits per heavy atom. The molecule has 0 aromatic heterocycles. The van der Waals surface area contributed by atoms with Gasteiger partial charge in [0, 0.05) is 12.1 Å². The largest absolute Gasteiger partial charge is 0.462 e. The number of thiocarbonyl (C=S) groups is 1. The summed E-state index contributed by atoms with van der Waals surface area (Å²) in [6, 6.07) is 0. The molecule has 0 spiro atoms. The summed E-state index contributed by atoms with van der Waals surface area (Å²) in [6.45, 7) is 6.28. The number of nitrogens with zero attached hydrogens (tertiary/aromatic N) is 1. The average Bonchev–Trinajstić information content (AvgIpc) is 2.16. The highest BCUT2D eigenvalue weighted by molar-refractivity contribution is 7.78. The maximum atomic E-state index is 10.9. The molecule has 0 rings (SSSR count). The van der Waals surface area contributed by atoms with Crippen LogP contribution in [0.1, 0.15) is 26.2 Å². The molecule has 3 nitrogen and oxygen atoms in total. The Morgan fingerprint density at radius 1 is 1.50 bits per heavy atom. The fourth-order valence-electron chi connectivity index (χ4n) is 0.803. The van der Waals surface area contributed by atoms with E-state index < -0.39 is 0 Å². The van der Waals surface area contributed by atoms with Crippen LogP contribution < -0.4 is 0 Å². The first-order chi connectivity index (χ1) is 6.68. The Balaban J connectivity index is 3.25. The second-order valence-electron chi connectivity index (χ2n) is 2.95. The van der Waals surface area contributed by atoms with Gasteiger partial charge < -0.3 is 4.74 Å². The van der Waals surface area contributed by atoms with Gasteiger partial charge in [-0.2, -0.15) is 0 Å². The molecule has 0 atom stereocenters. The average molecular weight is 213 g/mol. The van der Waals surface area contributed by atoms with E-state index in [1.54, 1.807) is 6.92 Å². The zero-order chi connectivity index (χ0) is 10.8. The Bertz CT molecular complexity index is 245. The number of rotatable bonds is 7. The standard InChI is InChI=1S/C10H15NO2S/c1-9(2)10(12)13-7-5-3-4-6-11-8-14/h1,3-7H2,2H3. The van der Waals surface area contributed by atoms with E-state index in [4.69, 9.17) is 4.74 Å². The first-order valence-corrected chi connectivity index (χ1v) is 4.95. The van der Waals surface area contributed by atoms with Crippen molar-refractivity contribution in [2.24, 2.45) is 4.99 Å². The van der Waals surface area contributed by atoms with Gasteiger partial charge in [0.2, 0.25) is 0 Å². The van der Waals surface area contributed by atoms with Crippen molar-refractivity contribution in [3.63, 3.8) is 0 Å². The van der Waals surface area contributed by atoms with Crippen molar-refractivity contribution in [2.45, 2.75) is 26.2 Å². The lowest BCUT2D eigenvalue weighted by Gasteiger charge is -2.02. The summed E-state index contributed by atoms with van der Waals surface area (Å²) in [4.78, 5) is 14.7. The van der Waals surface area contributed by atoms with E-state index in [0.717, 1.165) is 19.3 Å². The van der Waals surface area contributed by atoms with E-state index in [9.17, 15) is 4.79 Å². The fourth-order valence-corrected chi connectivity index (χ4v) is 0.895. The van der Waals surface area contributed by atoms with Gasteiger partial charge in [0.15, 0.2) is 0 Å². The van der Waals surface area contributed by atoms with Crippen molar-refractivity contribution in [3.05, 3.63) is 12.2 Å². The zero-order valence-corrected chi connectivity index (χ0v) is 9.23. The number of esters is 1. The van der Waals surface area contributed by atoms with Gasteiger partial charge in [-0.3, -0.25) is 0 Å². The van der Waals surface area contributed by atoms with Crippen molar-refractivity contribution >= 4 is 23.3 Å². The lowest BCUT2D eigenvalue weighted by molar-refractivity contribution is -0.139. The van der Waals surface area contributed by atoms with Gasteiger partial charge in [-0.05, 0) is 38.4 Å². The van der Waals surface area contributed by atoms with Crippen LogP contribution in [-0.4, -0.2) is 24.3 Å². The minimum atomic E-state index is -0.318. The number of hydrogen-bond donors (Lipinski definition) is 0. The monoisotopic (exact) mass is 213 g/mol. The van der Waals surface area contributed by atoms with E-state index in [1.165, 1.54) is 0 Å². The van der Waals surface area contributed by atoms with Gasteiger partial charge in [-0.15, -0.1) is 0 Å². The normalized spacial score (nSPS) is 8.93. The maximum absolute atomic E-state index is 10.9. The highest BCUT2D eigenvalue weighted by Crippen LogP contribution is 1.98. The molecule has 0 aliphatic carbocycles. The summed E-state index contributed by atoms with van der Waals surface area (Å²) in [5.41, 5.74) is 0.440. The van der Waals surface area contributed by atoms with Crippen LogP contribution in [0.2, 0.25) is 0 Å². The SMILES string of the molecule is C=C(C)C(=O)OCCCCCN=C=S. The molecule has 0 saturated heterocycles. The first-order valence-electron chi connectivity index (χ1n) is 4.54. The fraction of sp³-hybridized carbons (Fsp3) is 0.600. The lowest BCUT2D eigenvalue weighted by atomic mass is 10.2. The second-order valence-corrected chi connectivity index (χ2v) is 3.13. The molecule has 0 aromatic rings. The second kappa shape index (κ2) is 8.60. The molecule has 0 aliphatic heterocycles. The van der Waals surface area contributed by atoms with E-state index in [0.29, 0.717) is 18.7 Å². The van der Waals surface area contributed by atoms with E-state index in [1.807, 2.05) is 0 Å².